The molecular formula is C17H16N2O. The van der Waals surface area contributed by atoms with Crippen LogP contribution in [0.4, 0.5) is 0 Å². The molecule has 1 aliphatic rings. The van der Waals surface area contributed by atoms with Crippen LogP contribution in [0.2, 0.25) is 0 Å². The smallest absolute Gasteiger partial charge is 0.192 e. The number of ketones is 1. The van der Waals surface area contributed by atoms with E-state index in [-0.39, 0.29) is 5.78 Å². The summed E-state index contributed by atoms with van der Waals surface area (Å²) in [4.78, 5) is 12.3. The molecule has 0 spiro atoms. The van der Waals surface area contributed by atoms with Crippen LogP contribution < -0.4 is 0 Å². The minimum atomic E-state index is 0.108. The lowest BCUT2D eigenvalue weighted by atomic mass is 9.91. The van der Waals surface area contributed by atoms with Crippen LogP contribution in [-0.4, -0.2) is 15.6 Å². The van der Waals surface area contributed by atoms with Crippen LogP contribution in [0.1, 0.15) is 28.0 Å². The van der Waals surface area contributed by atoms with E-state index in [1.807, 2.05) is 55.6 Å². The second-order valence-electron chi connectivity index (χ2n) is 4.92. The van der Waals surface area contributed by atoms with Crippen LogP contribution in [0.3, 0.4) is 0 Å². The number of allylic oxidation sites excluding steroid dienone is 3. The van der Waals surface area contributed by atoms with Gasteiger partial charge in [-0.3, -0.25) is 9.48 Å². The van der Waals surface area contributed by atoms with Crippen LogP contribution in [0.15, 0.2) is 54.3 Å². The van der Waals surface area contributed by atoms with Crippen molar-refractivity contribution >= 4 is 11.9 Å². The SMILES string of the molecule is Cn1ncc2c1CC/C(=C\C=C\c1ccccc1)C2=O. The van der Waals surface area contributed by atoms with E-state index in [9.17, 15) is 4.79 Å². The van der Waals surface area contributed by atoms with Gasteiger partial charge >= 0.3 is 0 Å². The molecule has 1 heterocycles. The molecule has 0 N–H and O–H groups in total. The standard InChI is InChI=1S/C17H16N2O/c1-19-16-11-10-14(17(20)15(16)12-18-19)9-5-8-13-6-3-2-4-7-13/h2-9,12H,10-11H2,1H3/b8-5+,14-9+. The van der Waals surface area contributed by atoms with Crippen molar-refractivity contribution < 1.29 is 4.79 Å². The molecule has 3 rings (SSSR count). The zero-order chi connectivity index (χ0) is 13.9. The maximum atomic E-state index is 12.3. The lowest BCUT2D eigenvalue weighted by Gasteiger charge is -2.13. The number of carbonyl (C=O) groups excluding carboxylic acids is 1. The molecule has 3 heteroatoms. The highest BCUT2D eigenvalue weighted by molar-refractivity contribution is 6.10. The molecular weight excluding hydrogens is 248 g/mol. The van der Waals surface area contributed by atoms with E-state index in [1.54, 1.807) is 10.9 Å². The predicted octanol–water partition coefficient (Wildman–Crippen LogP) is 3.19. The summed E-state index contributed by atoms with van der Waals surface area (Å²) in [6.07, 6.45) is 9.22. The molecule has 1 aliphatic carbocycles. The molecule has 1 aromatic heterocycles. The zero-order valence-corrected chi connectivity index (χ0v) is 11.4. The molecule has 1 aromatic carbocycles. The maximum absolute atomic E-state index is 12.3. The number of aromatic nitrogens is 2. The van der Waals surface area contributed by atoms with Crippen molar-refractivity contribution in [3.05, 3.63) is 71.1 Å². The van der Waals surface area contributed by atoms with Gasteiger partial charge in [0.2, 0.25) is 0 Å². The number of nitrogens with zero attached hydrogens (tertiary/aromatic N) is 2. The second-order valence-corrected chi connectivity index (χ2v) is 4.92. The number of fused-ring (bicyclic) bond motifs is 1. The molecule has 0 unspecified atom stereocenters. The first kappa shape index (κ1) is 12.6. The van der Waals surface area contributed by atoms with Crippen molar-refractivity contribution in [2.45, 2.75) is 12.8 Å². The molecule has 3 nitrogen and oxygen atoms in total. The Hall–Kier alpha value is -2.42. The molecule has 0 amide bonds. The van der Waals surface area contributed by atoms with E-state index < -0.39 is 0 Å². The van der Waals surface area contributed by atoms with Crippen LogP contribution in [0, 0.1) is 0 Å². The van der Waals surface area contributed by atoms with Crippen molar-refractivity contribution in [3.63, 3.8) is 0 Å². The largest absolute Gasteiger partial charge is 0.289 e. The van der Waals surface area contributed by atoms with Gasteiger partial charge in [0, 0.05) is 18.3 Å². The van der Waals surface area contributed by atoms with E-state index in [2.05, 4.69) is 5.10 Å². The van der Waals surface area contributed by atoms with Crippen molar-refractivity contribution in [1.82, 2.24) is 9.78 Å². The van der Waals surface area contributed by atoms with Gasteiger partial charge in [0.1, 0.15) is 0 Å². The Balaban J connectivity index is 1.81. The average Bonchev–Trinajstić information content (AvgIpc) is 2.85. The third-order valence-electron chi connectivity index (χ3n) is 3.61. The number of benzene rings is 1. The molecule has 0 aliphatic heterocycles. The van der Waals surface area contributed by atoms with Gasteiger partial charge in [0.05, 0.1) is 11.8 Å². The van der Waals surface area contributed by atoms with Crippen LogP contribution in [0.5, 0.6) is 0 Å². The summed E-state index contributed by atoms with van der Waals surface area (Å²) in [7, 11) is 1.89. The minimum absolute atomic E-state index is 0.108. The maximum Gasteiger partial charge on any atom is 0.192 e. The summed E-state index contributed by atoms with van der Waals surface area (Å²) in [5, 5.41) is 4.16. The topological polar surface area (TPSA) is 34.9 Å². The first-order valence-corrected chi connectivity index (χ1v) is 6.73. The van der Waals surface area contributed by atoms with Crippen molar-refractivity contribution in [3.8, 4) is 0 Å². The third-order valence-corrected chi connectivity index (χ3v) is 3.61. The van der Waals surface area contributed by atoms with E-state index >= 15 is 0 Å². The predicted molar refractivity (Wildman–Crippen MR) is 79.4 cm³/mol. The molecule has 0 atom stereocenters. The first-order chi connectivity index (χ1) is 9.75. The Labute approximate surface area is 118 Å². The highest BCUT2D eigenvalue weighted by Gasteiger charge is 2.24. The van der Waals surface area contributed by atoms with Crippen molar-refractivity contribution in [1.29, 1.82) is 0 Å². The van der Waals surface area contributed by atoms with E-state index in [0.717, 1.165) is 35.2 Å². The van der Waals surface area contributed by atoms with Gasteiger partial charge < -0.3 is 0 Å². The normalized spacial score (nSPS) is 16.9. The molecule has 0 saturated heterocycles. The number of hydrogen-bond donors (Lipinski definition) is 0. The summed E-state index contributed by atoms with van der Waals surface area (Å²) >= 11 is 0. The zero-order valence-electron chi connectivity index (χ0n) is 11.4. The Kier molecular flexibility index (Phi) is 3.33. The monoisotopic (exact) mass is 264 g/mol. The Bertz CT molecular complexity index is 693. The molecule has 0 saturated carbocycles. The highest BCUT2D eigenvalue weighted by Crippen LogP contribution is 2.24. The summed E-state index contributed by atoms with van der Waals surface area (Å²) in [6, 6.07) is 10.1. The van der Waals surface area contributed by atoms with Crippen molar-refractivity contribution in [2.75, 3.05) is 0 Å². The summed E-state index contributed by atoms with van der Waals surface area (Å²) < 4.78 is 1.80. The fourth-order valence-corrected chi connectivity index (χ4v) is 2.49. The molecule has 20 heavy (non-hydrogen) atoms. The second kappa shape index (κ2) is 5.29. The number of aryl methyl sites for hydroxylation is 1. The van der Waals surface area contributed by atoms with Gasteiger partial charge in [-0.15, -0.1) is 0 Å². The summed E-state index contributed by atoms with van der Waals surface area (Å²) in [5.41, 5.74) is 3.78. The van der Waals surface area contributed by atoms with Crippen LogP contribution in [-0.2, 0) is 13.5 Å². The Morgan fingerprint density at radius 3 is 2.80 bits per heavy atom. The molecule has 0 radical (unpaired) electrons. The number of Topliss-reactive ketones (excluding diaryl/α,β-unsaturated/α-hetero) is 1. The van der Waals surface area contributed by atoms with Gasteiger partial charge in [0.15, 0.2) is 5.78 Å². The van der Waals surface area contributed by atoms with Gasteiger partial charge in [0.25, 0.3) is 0 Å². The number of hydrogen-bond acceptors (Lipinski definition) is 2. The summed E-state index contributed by atoms with van der Waals surface area (Å²) in [5.74, 6) is 0.108. The van der Waals surface area contributed by atoms with Crippen molar-refractivity contribution in [2.24, 2.45) is 7.05 Å². The van der Waals surface area contributed by atoms with Gasteiger partial charge in [-0.1, -0.05) is 48.6 Å². The number of rotatable bonds is 2. The van der Waals surface area contributed by atoms with E-state index in [4.69, 9.17) is 0 Å². The molecule has 2 aromatic rings. The fraction of sp³-hybridized carbons (Fsp3) is 0.176. The van der Waals surface area contributed by atoms with Crippen LogP contribution in [0.25, 0.3) is 6.08 Å². The van der Waals surface area contributed by atoms with Gasteiger partial charge in [-0.2, -0.15) is 5.10 Å². The van der Waals surface area contributed by atoms with Gasteiger partial charge in [-0.05, 0) is 18.4 Å². The highest BCUT2D eigenvalue weighted by atomic mass is 16.1. The number of carbonyl (C=O) groups is 1. The molecule has 100 valence electrons. The first-order valence-electron chi connectivity index (χ1n) is 6.73. The molecule has 0 bridgehead atoms. The van der Waals surface area contributed by atoms with Gasteiger partial charge in [-0.25, -0.2) is 0 Å². The lowest BCUT2D eigenvalue weighted by Crippen LogP contribution is -2.14. The van der Waals surface area contributed by atoms with Crippen LogP contribution >= 0.6 is 0 Å². The molecule has 0 fully saturated rings. The van der Waals surface area contributed by atoms with E-state index in [1.165, 1.54) is 0 Å². The minimum Gasteiger partial charge on any atom is -0.289 e. The Morgan fingerprint density at radius 1 is 1.20 bits per heavy atom. The average molecular weight is 264 g/mol. The third kappa shape index (κ3) is 2.35. The van der Waals surface area contributed by atoms with E-state index in [0.29, 0.717) is 0 Å². The fourth-order valence-electron chi connectivity index (χ4n) is 2.49. The summed E-state index contributed by atoms with van der Waals surface area (Å²) in [6.45, 7) is 0. The lowest BCUT2D eigenvalue weighted by molar-refractivity contribution is 0.102. The quantitative estimate of drug-likeness (QED) is 0.781. The Morgan fingerprint density at radius 2 is 2.00 bits per heavy atom.